The monoisotopic (exact) mass is 162 g/mol. The molecule has 0 spiro atoms. The Hall–Kier alpha value is -1.57. The standard InChI is InChI=1S/C10H12NO/c1-4-9-7-11(12)6-8(3)10(9)5-2/h4-7,12H,1-2H2,3H3/q+1. The van der Waals surface area contributed by atoms with Crippen molar-refractivity contribution >= 4 is 12.2 Å². The van der Waals surface area contributed by atoms with Crippen LogP contribution >= 0.6 is 0 Å². The molecule has 0 aliphatic carbocycles. The van der Waals surface area contributed by atoms with Gasteiger partial charge in [0.1, 0.15) is 0 Å². The fourth-order valence-electron chi connectivity index (χ4n) is 1.19. The SMILES string of the molecule is C=Cc1c[n+](O)cc(C)c1C=C. The molecule has 0 amide bonds. The minimum absolute atomic E-state index is 0.882. The molecule has 0 saturated heterocycles. The largest absolute Gasteiger partial charge is 0.285 e. The van der Waals surface area contributed by atoms with E-state index in [1.807, 2.05) is 6.92 Å². The van der Waals surface area contributed by atoms with E-state index in [9.17, 15) is 5.21 Å². The minimum Gasteiger partial charge on any atom is -0.285 e. The zero-order valence-corrected chi connectivity index (χ0v) is 7.12. The quantitative estimate of drug-likeness (QED) is 0.520. The Labute approximate surface area is 72.1 Å². The van der Waals surface area contributed by atoms with Gasteiger partial charge in [0.15, 0.2) is 0 Å². The summed E-state index contributed by atoms with van der Waals surface area (Å²) in [6.07, 6.45) is 6.67. The fraction of sp³-hybridized carbons (Fsp3) is 0.100. The Balaban J connectivity index is 3.43. The maximum absolute atomic E-state index is 9.18. The highest BCUT2D eigenvalue weighted by Crippen LogP contribution is 2.13. The molecule has 0 bridgehead atoms. The van der Waals surface area contributed by atoms with Gasteiger partial charge in [0.2, 0.25) is 12.4 Å². The van der Waals surface area contributed by atoms with Gasteiger partial charge in [0, 0.05) is 10.3 Å². The maximum Gasteiger partial charge on any atom is 0.230 e. The van der Waals surface area contributed by atoms with E-state index < -0.39 is 0 Å². The molecule has 0 radical (unpaired) electrons. The van der Waals surface area contributed by atoms with Crippen molar-refractivity contribution in [1.82, 2.24) is 0 Å². The molecule has 0 aromatic carbocycles. The van der Waals surface area contributed by atoms with Crippen LogP contribution in [-0.4, -0.2) is 5.21 Å². The average molecular weight is 162 g/mol. The maximum atomic E-state index is 9.18. The molecular formula is C10H12NO+. The zero-order chi connectivity index (χ0) is 9.14. The van der Waals surface area contributed by atoms with E-state index in [0.29, 0.717) is 0 Å². The predicted octanol–water partition coefficient (Wildman–Crippen LogP) is 1.81. The Kier molecular flexibility index (Phi) is 2.29. The average Bonchev–Trinajstić information content (AvgIpc) is 2.03. The first-order valence-electron chi connectivity index (χ1n) is 3.69. The Morgan fingerprint density at radius 2 is 2.00 bits per heavy atom. The first-order valence-corrected chi connectivity index (χ1v) is 3.69. The van der Waals surface area contributed by atoms with Gasteiger partial charge < -0.3 is 0 Å². The third-order valence-corrected chi connectivity index (χ3v) is 1.76. The molecule has 1 aromatic rings. The second-order valence-electron chi connectivity index (χ2n) is 2.60. The van der Waals surface area contributed by atoms with Crippen LogP contribution in [0.15, 0.2) is 25.6 Å². The van der Waals surface area contributed by atoms with Crippen LogP contribution in [0.25, 0.3) is 12.2 Å². The van der Waals surface area contributed by atoms with Crippen molar-refractivity contribution in [3.05, 3.63) is 42.2 Å². The summed E-state index contributed by atoms with van der Waals surface area (Å²) in [4.78, 5) is 0. The summed E-state index contributed by atoms with van der Waals surface area (Å²) in [5.41, 5.74) is 2.87. The number of aryl methyl sites for hydroxylation is 1. The third-order valence-electron chi connectivity index (χ3n) is 1.76. The summed E-state index contributed by atoms with van der Waals surface area (Å²) < 4.78 is 1.03. The third kappa shape index (κ3) is 1.37. The molecule has 0 aliphatic rings. The van der Waals surface area contributed by atoms with Gasteiger partial charge in [-0.05, 0) is 12.5 Å². The summed E-state index contributed by atoms with van der Waals surface area (Å²) in [6.45, 7) is 9.25. The lowest BCUT2D eigenvalue weighted by atomic mass is 10.1. The number of hydrogen-bond acceptors (Lipinski definition) is 1. The van der Waals surface area contributed by atoms with Crippen LogP contribution in [0, 0.1) is 6.92 Å². The second-order valence-corrected chi connectivity index (χ2v) is 2.60. The summed E-state index contributed by atoms with van der Waals surface area (Å²) in [5.74, 6) is 0. The van der Waals surface area contributed by atoms with Crippen LogP contribution in [0.5, 0.6) is 0 Å². The van der Waals surface area contributed by atoms with Gasteiger partial charge in [-0.25, -0.2) is 0 Å². The molecule has 0 saturated carbocycles. The Bertz CT molecular complexity index is 329. The van der Waals surface area contributed by atoms with E-state index in [1.165, 1.54) is 0 Å². The van der Waals surface area contributed by atoms with E-state index in [4.69, 9.17) is 0 Å². The van der Waals surface area contributed by atoms with Crippen LogP contribution in [-0.2, 0) is 0 Å². The van der Waals surface area contributed by atoms with Crippen LogP contribution < -0.4 is 4.73 Å². The van der Waals surface area contributed by atoms with Crippen molar-refractivity contribution in [2.75, 3.05) is 0 Å². The normalized spacial score (nSPS) is 9.42. The summed E-state index contributed by atoms with van der Waals surface area (Å²) in [7, 11) is 0. The highest BCUT2D eigenvalue weighted by atomic mass is 16.5. The van der Waals surface area contributed by atoms with Crippen LogP contribution in [0.2, 0.25) is 0 Å². The van der Waals surface area contributed by atoms with Gasteiger partial charge in [0.05, 0.1) is 5.56 Å². The van der Waals surface area contributed by atoms with Crippen LogP contribution in [0.1, 0.15) is 16.7 Å². The molecule has 0 unspecified atom stereocenters. The van der Waals surface area contributed by atoms with E-state index in [-0.39, 0.29) is 0 Å². The van der Waals surface area contributed by atoms with Crippen molar-refractivity contribution in [3.63, 3.8) is 0 Å². The lowest BCUT2D eigenvalue weighted by molar-refractivity contribution is -0.905. The number of hydrogen-bond donors (Lipinski definition) is 1. The van der Waals surface area contributed by atoms with Crippen molar-refractivity contribution in [3.8, 4) is 0 Å². The van der Waals surface area contributed by atoms with Crippen molar-refractivity contribution < 1.29 is 9.94 Å². The molecular weight excluding hydrogens is 150 g/mol. The topological polar surface area (TPSA) is 24.1 Å². The van der Waals surface area contributed by atoms with Crippen molar-refractivity contribution in [2.45, 2.75) is 6.92 Å². The lowest BCUT2D eigenvalue weighted by Crippen LogP contribution is -2.30. The van der Waals surface area contributed by atoms with E-state index in [0.717, 1.165) is 21.4 Å². The van der Waals surface area contributed by atoms with Gasteiger partial charge in [-0.2, -0.15) is 0 Å². The molecule has 1 N–H and O–H groups in total. The molecule has 0 fully saturated rings. The predicted molar refractivity (Wildman–Crippen MR) is 48.7 cm³/mol. The molecule has 1 rings (SSSR count). The first-order chi connectivity index (χ1) is 5.69. The number of pyridine rings is 1. The smallest absolute Gasteiger partial charge is 0.230 e. The fourth-order valence-corrected chi connectivity index (χ4v) is 1.19. The summed E-state index contributed by atoms with van der Waals surface area (Å²) in [6, 6.07) is 0. The molecule has 0 aliphatic heterocycles. The Morgan fingerprint density at radius 3 is 2.50 bits per heavy atom. The van der Waals surface area contributed by atoms with Crippen molar-refractivity contribution in [2.24, 2.45) is 0 Å². The summed E-state index contributed by atoms with van der Waals surface area (Å²) >= 11 is 0. The molecule has 12 heavy (non-hydrogen) atoms. The molecule has 2 nitrogen and oxygen atoms in total. The van der Waals surface area contributed by atoms with Gasteiger partial charge >= 0.3 is 0 Å². The second kappa shape index (κ2) is 3.22. The Morgan fingerprint density at radius 1 is 1.33 bits per heavy atom. The van der Waals surface area contributed by atoms with Crippen molar-refractivity contribution in [1.29, 1.82) is 0 Å². The summed E-state index contributed by atoms with van der Waals surface area (Å²) in [5, 5.41) is 9.18. The molecule has 1 heterocycles. The molecule has 0 atom stereocenters. The van der Waals surface area contributed by atoms with Crippen LogP contribution in [0.4, 0.5) is 0 Å². The number of rotatable bonds is 2. The minimum atomic E-state index is 0.882. The highest BCUT2D eigenvalue weighted by Gasteiger charge is 2.07. The lowest BCUT2D eigenvalue weighted by Gasteiger charge is -1.99. The van der Waals surface area contributed by atoms with Gasteiger partial charge in [-0.1, -0.05) is 25.3 Å². The first kappa shape index (κ1) is 8.53. The van der Waals surface area contributed by atoms with Gasteiger partial charge in [-0.3, -0.25) is 5.21 Å². The highest BCUT2D eigenvalue weighted by molar-refractivity contribution is 5.64. The van der Waals surface area contributed by atoms with Gasteiger partial charge in [0.25, 0.3) is 0 Å². The number of nitrogens with zero attached hydrogens (tertiary/aromatic N) is 1. The van der Waals surface area contributed by atoms with Crippen LogP contribution in [0.3, 0.4) is 0 Å². The molecule has 62 valence electrons. The van der Waals surface area contributed by atoms with Gasteiger partial charge in [-0.15, -0.1) is 0 Å². The van der Waals surface area contributed by atoms with E-state index >= 15 is 0 Å². The molecule has 1 aromatic heterocycles. The molecule has 2 heteroatoms. The van der Waals surface area contributed by atoms with E-state index in [2.05, 4.69) is 13.2 Å². The number of aromatic nitrogens is 1. The zero-order valence-electron chi connectivity index (χ0n) is 7.12. The van der Waals surface area contributed by atoms with E-state index in [1.54, 1.807) is 24.5 Å².